The maximum Gasteiger partial charge on any atom is 0.308 e. The van der Waals surface area contributed by atoms with E-state index in [1.54, 1.807) is 38.1 Å². The number of amides is 1. The first kappa shape index (κ1) is 19.5. The summed E-state index contributed by atoms with van der Waals surface area (Å²) in [7, 11) is 0. The molecule has 1 aromatic rings. The van der Waals surface area contributed by atoms with Crippen LogP contribution in [-0.4, -0.2) is 42.3 Å². The highest BCUT2D eigenvalue weighted by Crippen LogP contribution is 2.25. The van der Waals surface area contributed by atoms with Gasteiger partial charge in [0.2, 0.25) is 0 Å². The third-order valence-corrected chi connectivity index (χ3v) is 4.59. The molecule has 138 valence electrons. The molecule has 0 aliphatic carbocycles. The summed E-state index contributed by atoms with van der Waals surface area (Å²) in [5.74, 6) is -1.42. The number of benzene rings is 1. The molecule has 1 aromatic carbocycles. The monoisotopic (exact) mass is 369 g/mol. The third-order valence-electron chi connectivity index (χ3n) is 4.35. The lowest BCUT2D eigenvalue weighted by molar-refractivity contribution is -0.145. The minimum Gasteiger partial charge on any atom is -0.481 e. The van der Waals surface area contributed by atoms with Crippen LogP contribution in [-0.2, 0) is 14.3 Å². The molecule has 2 N–H and O–H groups in total. The molecule has 0 bridgehead atoms. The lowest BCUT2D eigenvalue weighted by atomic mass is 9.86. The number of rotatable bonds is 7. The van der Waals surface area contributed by atoms with Crippen molar-refractivity contribution < 1.29 is 24.2 Å². The zero-order valence-electron chi connectivity index (χ0n) is 14.5. The maximum atomic E-state index is 12.5. The summed E-state index contributed by atoms with van der Waals surface area (Å²) in [6.45, 7) is 4.46. The predicted octanol–water partition coefficient (Wildman–Crippen LogP) is 2.74. The number of hydrogen-bond donors (Lipinski definition) is 2. The van der Waals surface area contributed by atoms with Gasteiger partial charge in [0.15, 0.2) is 5.60 Å². The van der Waals surface area contributed by atoms with Crippen molar-refractivity contribution in [3.63, 3.8) is 0 Å². The predicted molar refractivity (Wildman–Crippen MR) is 93.8 cm³/mol. The normalized spacial score (nSPS) is 16.9. The SMILES string of the molecule is CC(C)(Oc1cccc(Cl)c1)C(=O)NCC(C(=O)O)C1CCOCC1. The van der Waals surface area contributed by atoms with Crippen LogP contribution in [0.15, 0.2) is 24.3 Å². The summed E-state index contributed by atoms with van der Waals surface area (Å²) in [6.07, 6.45) is 1.38. The molecular weight excluding hydrogens is 346 g/mol. The number of carboxylic acid groups (broad SMARTS) is 1. The van der Waals surface area contributed by atoms with Crippen molar-refractivity contribution in [2.45, 2.75) is 32.3 Å². The lowest BCUT2D eigenvalue weighted by Gasteiger charge is -2.30. The van der Waals surface area contributed by atoms with Crippen molar-refractivity contribution in [1.29, 1.82) is 0 Å². The fourth-order valence-electron chi connectivity index (χ4n) is 2.86. The van der Waals surface area contributed by atoms with Crippen molar-refractivity contribution in [3.8, 4) is 5.75 Å². The van der Waals surface area contributed by atoms with Crippen LogP contribution in [0.4, 0.5) is 0 Å². The molecule has 1 heterocycles. The second kappa shape index (κ2) is 8.54. The Bertz CT molecular complexity index is 613. The first-order chi connectivity index (χ1) is 11.8. The molecule has 1 saturated heterocycles. The highest BCUT2D eigenvalue weighted by atomic mass is 35.5. The van der Waals surface area contributed by atoms with Crippen LogP contribution in [0.3, 0.4) is 0 Å². The number of carbonyl (C=O) groups excluding carboxylic acids is 1. The van der Waals surface area contributed by atoms with E-state index < -0.39 is 17.5 Å². The van der Waals surface area contributed by atoms with Gasteiger partial charge < -0.3 is 19.9 Å². The lowest BCUT2D eigenvalue weighted by Crippen LogP contribution is -2.49. The van der Waals surface area contributed by atoms with Gasteiger partial charge in [-0.1, -0.05) is 17.7 Å². The second-order valence-corrected chi connectivity index (χ2v) is 7.11. The molecule has 1 amide bonds. The van der Waals surface area contributed by atoms with Crippen molar-refractivity contribution >= 4 is 23.5 Å². The molecule has 0 spiro atoms. The highest BCUT2D eigenvalue weighted by Gasteiger charge is 2.34. The Labute approximate surface area is 152 Å². The van der Waals surface area contributed by atoms with E-state index in [4.69, 9.17) is 21.1 Å². The van der Waals surface area contributed by atoms with Crippen LogP contribution in [0.2, 0.25) is 5.02 Å². The van der Waals surface area contributed by atoms with Crippen LogP contribution in [0.1, 0.15) is 26.7 Å². The summed E-state index contributed by atoms with van der Waals surface area (Å²) in [6, 6.07) is 6.78. The Morgan fingerprint density at radius 3 is 2.68 bits per heavy atom. The molecular formula is C18H24ClNO5. The van der Waals surface area contributed by atoms with E-state index in [-0.39, 0.29) is 18.4 Å². The highest BCUT2D eigenvalue weighted by molar-refractivity contribution is 6.30. The Balaban J connectivity index is 1.95. The number of aliphatic carboxylic acids is 1. The Morgan fingerprint density at radius 2 is 2.08 bits per heavy atom. The van der Waals surface area contributed by atoms with Gasteiger partial charge in [0, 0.05) is 24.8 Å². The molecule has 1 fully saturated rings. The summed E-state index contributed by atoms with van der Waals surface area (Å²) in [4.78, 5) is 24.0. The first-order valence-electron chi connectivity index (χ1n) is 8.33. The van der Waals surface area contributed by atoms with Crippen molar-refractivity contribution in [2.24, 2.45) is 11.8 Å². The first-order valence-corrected chi connectivity index (χ1v) is 8.71. The van der Waals surface area contributed by atoms with Crippen molar-refractivity contribution in [2.75, 3.05) is 19.8 Å². The van der Waals surface area contributed by atoms with E-state index in [2.05, 4.69) is 5.32 Å². The van der Waals surface area contributed by atoms with Crippen LogP contribution < -0.4 is 10.1 Å². The van der Waals surface area contributed by atoms with Gasteiger partial charge in [-0.05, 0) is 50.8 Å². The molecule has 7 heteroatoms. The average molecular weight is 370 g/mol. The van der Waals surface area contributed by atoms with E-state index in [1.807, 2.05) is 0 Å². The van der Waals surface area contributed by atoms with Gasteiger partial charge in [0.05, 0.1) is 5.92 Å². The van der Waals surface area contributed by atoms with Gasteiger partial charge in [-0.15, -0.1) is 0 Å². The second-order valence-electron chi connectivity index (χ2n) is 6.67. The molecule has 0 saturated carbocycles. The standard InChI is InChI=1S/C18H24ClNO5/c1-18(2,25-14-5-3-4-13(19)10-14)17(23)20-11-15(16(21)22)12-6-8-24-9-7-12/h3-5,10,12,15H,6-9,11H2,1-2H3,(H,20,23)(H,21,22). The van der Waals surface area contributed by atoms with Crippen LogP contribution >= 0.6 is 11.6 Å². The number of hydrogen-bond acceptors (Lipinski definition) is 4. The number of ether oxygens (including phenoxy) is 2. The van der Waals surface area contributed by atoms with E-state index >= 15 is 0 Å². The topological polar surface area (TPSA) is 84.9 Å². The molecule has 1 aliphatic heterocycles. The summed E-state index contributed by atoms with van der Waals surface area (Å²) < 4.78 is 11.0. The van der Waals surface area contributed by atoms with Gasteiger partial charge in [0.25, 0.3) is 5.91 Å². The molecule has 0 radical (unpaired) electrons. The summed E-state index contributed by atoms with van der Waals surface area (Å²) in [5, 5.41) is 12.7. The van der Waals surface area contributed by atoms with E-state index in [0.717, 1.165) is 0 Å². The number of halogens is 1. The summed E-state index contributed by atoms with van der Waals surface area (Å²) >= 11 is 5.92. The maximum absolute atomic E-state index is 12.5. The molecule has 2 rings (SSSR count). The van der Waals surface area contributed by atoms with Gasteiger partial charge in [0.1, 0.15) is 5.75 Å². The van der Waals surface area contributed by atoms with E-state index in [0.29, 0.717) is 36.8 Å². The van der Waals surface area contributed by atoms with Gasteiger partial charge in [-0.2, -0.15) is 0 Å². The van der Waals surface area contributed by atoms with Crippen LogP contribution in [0.25, 0.3) is 0 Å². The fraction of sp³-hybridized carbons (Fsp3) is 0.556. The minimum absolute atomic E-state index is 0.00325. The molecule has 1 aliphatic rings. The van der Waals surface area contributed by atoms with Crippen LogP contribution in [0.5, 0.6) is 5.75 Å². The quantitative estimate of drug-likeness (QED) is 0.772. The zero-order chi connectivity index (χ0) is 18.4. The minimum atomic E-state index is -1.15. The molecule has 6 nitrogen and oxygen atoms in total. The van der Waals surface area contributed by atoms with Crippen molar-refractivity contribution in [3.05, 3.63) is 29.3 Å². The van der Waals surface area contributed by atoms with Gasteiger partial charge in [-0.3, -0.25) is 9.59 Å². The Morgan fingerprint density at radius 1 is 1.40 bits per heavy atom. The van der Waals surface area contributed by atoms with Gasteiger partial charge in [-0.25, -0.2) is 0 Å². The fourth-order valence-corrected chi connectivity index (χ4v) is 3.04. The third kappa shape index (κ3) is 5.61. The zero-order valence-corrected chi connectivity index (χ0v) is 15.2. The Hall–Kier alpha value is -1.79. The van der Waals surface area contributed by atoms with E-state index in [9.17, 15) is 14.7 Å². The molecule has 25 heavy (non-hydrogen) atoms. The molecule has 1 atom stereocenters. The van der Waals surface area contributed by atoms with Gasteiger partial charge >= 0.3 is 5.97 Å². The molecule has 1 unspecified atom stereocenters. The van der Waals surface area contributed by atoms with E-state index in [1.165, 1.54) is 0 Å². The van der Waals surface area contributed by atoms with Crippen molar-refractivity contribution in [1.82, 2.24) is 5.32 Å². The Kier molecular flexibility index (Phi) is 6.67. The number of nitrogens with one attached hydrogen (secondary N) is 1. The summed E-state index contributed by atoms with van der Waals surface area (Å²) in [5.41, 5.74) is -1.15. The average Bonchev–Trinajstić information content (AvgIpc) is 2.55. The largest absolute Gasteiger partial charge is 0.481 e. The van der Waals surface area contributed by atoms with Crippen LogP contribution in [0, 0.1) is 11.8 Å². The smallest absolute Gasteiger partial charge is 0.308 e. The number of carboxylic acids is 1. The molecule has 0 aromatic heterocycles. The number of carbonyl (C=O) groups is 2.